The van der Waals surface area contributed by atoms with Gasteiger partial charge in [-0.05, 0) is 54.3 Å². The molecule has 1 aliphatic heterocycles. The molecule has 0 unspecified atom stereocenters. The fourth-order valence-electron chi connectivity index (χ4n) is 2.83. The number of hydrogen-bond acceptors (Lipinski definition) is 5. The molecule has 108 valence electrons. The maximum absolute atomic E-state index is 4.14. The molecule has 20 heavy (non-hydrogen) atoms. The van der Waals surface area contributed by atoms with Crippen LogP contribution in [0.1, 0.15) is 43.5 Å². The van der Waals surface area contributed by atoms with Crippen molar-refractivity contribution in [3.8, 4) is 0 Å². The first kappa shape index (κ1) is 13.2. The van der Waals surface area contributed by atoms with Crippen molar-refractivity contribution in [2.24, 2.45) is 0 Å². The van der Waals surface area contributed by atoms with Gasteiger partial charge >= 0.3 is 0 Å². The van der Waals surface area contributed by atoms with E-state index in [2.05, 4.69) is 37.5 Å². The lowest BCUT2D eigenvalue weighted by Crippen LogP contribution is -2.33. The first-order valence-electron chi connectivity index (χ1n) is 7.33. The molecule has 7 heteroatoms. The molecule has 0 bridgehead atoms. The van der Waals surface area contributed by atoms with Gasteiger partial charge in [-0.3, -0.25) is 10.00 Å². The van der Waals surface area contributed by atoms with Crippen LogP contribution in [0.25, 0.3) is 0 Å². The summed E-state index contributed by atoms with van der Waals surface area (Å²) in [4.78, 5) is 2.44. The summed E-state index contributed by atoms with van der Waals surface area (Å²) >= 11 is 0. The third-order valence-electron chi connectivity index (χ3n) is 3.98. The number of nitrogens with zero attached hydrogens (tertiary/aromatic N) is 6. The summed E-state index contributed by atoms with van der Waals surface area (Å²) in [6.07, 6.45) is 7.37. The van der Waals surface area contributed by atoms with E-state index in [0.29, 0.717) is 5.92 Å². The van der Waals surface area contributed by atoms with E-state index >= 15 is 0 Å². The quantitative estimate of drug-likeness (QED) is 0.887. The number of nitrogens with one attached hydrogen (secondary N) is 1. The molecule has 1 N–H and O–H groups in total. The van der Waals surface area contributed by atoms with Crippen LogP contribution in [0.5, 0.6) is 0 Å². The maximum atomic E-state index is 4.14. The van der Waals surface area contributed by atoms with Crippen LogP contribution in [0.2, 0.25) is 0 Å². The molecule has 0 aromatic carbocycles. The molecule has 2 aromatic rings. The van der Waals surface area contributed by atoms with Gasteiger partial charge in [0.15, 0.2) is 5.82 Å². The van der Waals surface area contributed by atoms with E-state index in [9.17, 15) is 0 Å². The fourth-order valence-corrected chi connectivity index (χ4v) is 2.83. The second kappa shape index (κ2) is 6.13. The van der Waals surface area contributed by atoms with Crippen molar-refractivity contribution in [3.63, 3.8) is 0 Å². The van der Waals surface area contributed by atoms with E-state index in [1.54, 1.807) is 0 Å². The lowest BCUT2D eigenvalue weighted by molar-refractivity contribution is 0.197. The van der Waals surface area contributed by atoms with E-state index in [4.69, 9.17) is 0 Å². The summed E-state index contributed by atoms with van der Waals surface area (Å²) in [5.74, 6) is 1.62. The summed E-state index contributed by atoms with van der Waals surface area (Å²) in [7, 11) is 0. The first-order valence-corrected chi connectivity index (χ1v) is 7.33. The molecule has 0 amide bonds. The van der Waals surface area contributed by atoms with E-state index in [1.165, 1.54) is 18.4 Å². The van der Waals surface area contributed by atoms with Crippen molar-refractivity contribution in [2.45, 2.75) is 45.2 Å². The summed E-state index contributed by atoms with van der Waals surface area (Å²) in [6.45, 7) is 6.07. The highest BCUT2D eigenvalue weighted by Gasteiger charge is 2.22. The molecule has 1 fully saturated rings. The highest BCUT2D eigenvalue weighted by Crippen LogP contribution is 2.27. The predicted octanol–water partition coefficient (Wildman–Crippen LogP) is 1.19. The third-order valence-corrected chi connectivity index (χ3v) is 3.98. The molecule has 7 nitrogen and oxygen atoms in total. The van der Waals surface area contributed by atoms with Crippen LogP contribution in [-0.4, -0.2) is 48.4 Å². The van der Waals surface area contributed by atoms with Crippen molar-refractivity contribution in [1.82, 2.24) is 35.3 Å². The number of piperidine rings is 1. The van der Waals surface area contributed by atoms with Crippen LogP contribution in [0.15, 0.2) is 12.4 Å². The molecule has 0 spiro atoms. The molecule has 1 saturated heterocycles. The average Bonchev–Trinajstić information content (AvgIpc) is 3.13. The topological polar surface area (TPSA) is 75.5 Å². The Morgan fingerprint density at radius 1 is 1.35 bits per heavy atom. The van der Waals surface area contributed by atoms with Crippen molar-refractivity contribution >= 4 is 0 Å². The van der Waals surface area contributed by atoms with Gasteiger partial charge in [-0.25, -0.2) is 4.68 Å². The number of hydrogen-bond donors (Lipinski definition) is 1. The van der Waals surface area contributed by atoms with Crippen LogP contribution in [0.3, 0.4) is 0 Å². The average molecular weight is 275 g/mol. The van der Waals surface area contributed by atoms with Gasteiger partial charge in [0.2, 0.25) is 0 Å². The van der Waals surface area contributed by atoms with Gasteiger partial charge in [-0.15, -0.1) is 5.10 Å². The van der Waals surface area contributed by atoms with Gasteiger partial charge in [0.05, 0.1) is 12.7 Å². The summed E-state index contributed by atoms with van der Waals surface area (Å²) in [6, 6.07) is 0. The second-order valence-electron chi connectivity index (χ2n) is 5.40. The summed E-state index contributed by atoms with van der Waals surface area (Å²) in [5.41, 5.74) is 1.33. The number of H-pyrrole nitrogens is 1. The van der Waals surface area contributed by atoms with E-state index in [1.807, 2.05) is 17.1 Å². The molecular weight excluding hydrogens is 254 g/mol. The molecule has 1 aliphatic rings. The molecular formula is C13H21N7. The highest BCUT2D eigenvalue weighted by molar-refractivity contribution is 5.11. The molecule has 3 heterocycles. The summed E-state index contributed by atoms with van der Waals surface area (Å²) in [5, 5.41) is 18.9. The Bertz CT molecular complexity index is 511. The summed E-state index contributed by atoms with van der Waals surface area (Å²) < 4.78 is 1.92. The van der Waals surface area contributed by atoms with Gasteiger partial charge in [0.1, 0.15) is 0 Å². The second-order valence-corrected chi connectivity index (χ2v) is 5.40. The number of tetrazole rings is 1. The Balaban J connectivity index is 1.54. The lowest BCUT2D eigenvalue weighted by atomic mass is 9.91. The fraction of sp³-hybridized carbons (Fsp3) is 0.692. The minimum atomic E-state index is 0.636. The Kier molecular flexibility index (Phi) is 4.05. The van der Waals surface area contributed by atoms with Gasteiger partial charge in [-0.1, -0.05) is 6.92 Å². The Labute approximate surface area is 118 Å². The lowest BCUT2D eigenvalue weighted by Gasteiger charge is -2.30. The molecule has 0 atom stereocenters. The zero-order valence-electron chi connectivity index (χ0n) is 11.9. The molecule has 3 rings (SSSR count). The zero-order valence-corrected chi connectivity index (χ0v) is 11.9. The minimum absolute atomic E-state index is 0.636. The number of aromatic amines is 1. The van der Waals surface area contributed by atoms with Crippen LogP contribution in [0, 0.1) is 0 Å². The van der Waals surface area contributed by atoms with E-state index < -0.39 is 0 Å². The Morgan fingerprint density at radius 3 is 2.90 bits per heavy atom. The molecule has 0 saturated carbocycles. The standard InChI is InChI=1S/C13H21N7/c1-2-5-20-13(16-17-18-20)10-19-6-3-11(4-7-19)12-8-14-15-9-12/h8-9,11H,2-7,10H2,1H3,(H,14,15). The number of rotatable bonds is 5. The monoisotopic (exact) mass is 275 g/mol. The van der Waals surface area contributed by atoms with Gasteiger partial charge in [-0.2, -0.15) is 5.10 Å². The van der Waals surface area contributed by atoms with Crippen molar-refractivity contribution in [3.05, 3.63) is 23.8 Å². The Morgan fingerprint density at radius 2 is 2.20 bits per heavy atom. The van der Waals surface area contributed by atoms with Crippen LogP contribution in [-0.2, 0) is 13.1 Å². The number of aromatic nitrogens is 6. The normalized spacial score (nSPS) is 17.6. The van der Waals surface area contributed by atoms with Crippen molar-refractivity contribution in [2.75, 3.05) is 13.1 Å². The van der Waals surface area contributed by atoms with E-state index in [0.717, 1.165) is 38.4 Å². The van der Waals surface area contributed by atoms with E-state index in [-0.39, 0.29) is 0 Å². The van der Waals surface area contributed by atoms with Crippen molar-refractivity contribution in [1.29, 1.82) is 0 Å². The number of aryl methyl sites for hydroxylation is 1. The van der Waals surface area contributed by atoms with Crippen LogP contribution < -0.4 is 0 Å². The van der Waals surface area contributed by atoms with Crippen LogP contribution in [0.4, 0.5) is 0 Å². The maximum Gasteiger partial charge on any atom is 0.165 e. The van der Waals surface area contributed by atoms with Crippen molar-refractivity contribution < 1.29 is 0 Å². The van der Waals surface area contributed by atoms with Gasteiger partial charge in [0.25, 0.3) is 0 Å². The predicted molar refractivity (Wildman–Crippen MR) is 73.9 cm³/mol. The largest absolute Gasteiger partial charge is 0.296 e. The third kappa shape index (κ3) is 2.87. The van der Waals surface area contributed by atoms with Crippen LogP contribution >= 0.6 is 0 Å². The molecule has 0 radical (unpaired) electrons. The molecule has 2 aromatic heterocycles. The minimum Gasteiger partial charge on any atom is -0.296 e. The van der Waals surface area contributed by atoms with Gasteiger partial charge < -0.3 is 0 Å². The highest BCUT2D eigenvalue weighted by atomic mass is 15.5. The van der Waals surface area contributed by atoms with Gasteiger partial charge in [0, 0.05) is 12.7 Å². The Hall–Kier alpha value is -1.76. The smallest absolute Gasteiger partial charge is 0.165 e. The zero-order chi connectivity index (χ0) is 13.8. The first-order chi connectivity index (χ1) is 9.86. The molecule has 0 aliphatic carbocycles. The number of likely N-dealkylation sites (tertiary alicyclic amines) is 1. The SMILES string of the molecule is CCCn1nnnc1CN1CCC(c2cn[nH]c2)CC1.